The summed E-state index contributed by atoms with van der Waals surface area (Å²) in [6, 6.07) is 23.7. The van der Waals surface area contributed by atoms with Crippen LogP contribution in [0, 0.1) is 11.8 Å². The Balaban J connectivity index is 1.30. The maximum Gasteiger partial charge on any atom is 0.335 e. The third kappa shape index (κ3) is 5.67. The van der Waals surface area contributed by atoms with Crippen LogP contribution in [0.5, 0.6) is 0 Å². The van der Waals surface area contributed by atoms with Gasteiger partial charge in [-0.15, -0.1) is 0 Å². The van der Waals surface area contributed by atoms with Crippen molar-refractivity contribution in [2.24, 2.45) is 5.84 Å². The molecule has 0 saturated carbocycles. The Hall–Kier alpha value is -5.85. The molecule has 5 rings (SSSR count). The van der Waals surface area contributed by atoms with E-state index in [9.17, 15) is 14.4 Å². The van der Waals surface area contributed by atoms with Gasteiger partial charge in [-0.2, -0.15) is 0 Å². The summed E-state index contributed by atoms with van der Waals surface area (Å²) in [6.45, 7) is 0. The number of carbonyl (C=O) groups excluding carboxylic acids is 2. The second kappa shape index (κ2) is 11.3. The fourth-order valence-corrected chi connectivity index (χ4v) is 3.99. The van der Waals surface area contributed by atoms with E-state index < -0.39 is 11.9 Å². The van der Waals surface area contributed by atoms with Crippen molar-refractivity contribution >= 4 is 34.4 Å². The smallest absolute Gasteiger partial charge is 0.335 e. The molecule has 0 bridgehead atoms. The number of rotatable bonds is 5. The molecule has 2 aromatic heterocycles. The van der Waals surface area contributed by atoms with Crippen LogP contribution >= 0.6 is 0 Å². The maximum atomic E-state index is 12.6. The number of aromatic carboxylic acids is 1. The first-order valence-electron chi connectivity index (χ1n) is 12.0. The molecule has 0 radical (unpaired) electrons. The van der Waals surface area contributed by atoms with Gasteiger partial charge in [0.25, 0.3) is 11.8 Å². The van der Waals surface area contributed by atoms with E-state index in [0.717, 1.165) is 16.7 Å². The molecule has 5 N–H and O–H groups in total. The minimum atomic E-state index is -1.07. The Labute approximate surface area is 228 Å². The molecule has 0 spiro atoms. The Bertz CT molecular complexity index is 1820. The number of hydrazine groups is 1. The zero-order chi connectivity index (χ0) is 28.1. The lowest BCUT2D eigenvalue weighted by atomic mass is 10.0. The van der Waals surface area contributed by atoms with Crippen LogP contribution in [-0.4, -0.2) is 32.9 Å². The van der Waals surface area contributed by atoms with E-state index in [1.165, 1.54) is 12.1 Å². The van der Waals surface area contributed by atoms with Gasteiger partial charge in [0.05, 0.1) is 22.3 Å². The van der Waals surface area contributed by atoms with Gasteiger partial charge in [0.15, 0.2) is 0 Å². The number of nitrogens with two attached hydrogens (primary N) is 1. The molecule has 9 heteroatoms. The number of carboxylic acid groups (broad SMARTS) is 1. The number of nitrogens with zero attached hydrogens (tertiary/aromatic N) is 2. The first-order chi connectivity index (χ1) is 19.4. The van der Waals surface area contributed by atoms with E-state index in [1.54, 1.807) is 60.9 Å². The van der Waals surface area contributed by atoms with Gasteiger partial charge >= 0.3 is 5.97 Å². The van der Waals surface area contributed by atoms with Gasteiger partial charge in [0.1, 0.15) is 0 Å². The lowest BCUT2D eigenvalue weighted by molar-refractivity contribution is 0.0696. The number of fused-ring (bicyclic) bond motifs is 1. The van der Waals surface area contributed by atoms with E-state index in [-0.39, 0.29) is 11.5 Å². The van der Waals surface area contributed by atoms with Gasteiger partial charge in [0.2, 0.25) is 0 Å². The average molecular weight is 528 g/mol. The Morgan fingerprint density at radius 2 is 1.50 bits per heavy atom. The largest absolute Gasteiger partial charge is 0.478 e. The number of hydrogen-bond acceptors (Lipinski definition) is 6. The van der Waals surface area contributed by atoms with Crippen LogP contribution in [0.2, 0.25) is 0 Å². The molecule has 5 aromatic rings. The number of pyridine rings is 2. The quantitative estimate of drug-likeness (QED) is 0.116. The lowest BCUT2D eigenvalue weighted by Crippen LogP contribution is -2.30. The summed E-state index contributed by atoms with van der Waals surface area (Å²) in [7, 11) is 0. The second-order valence-corrected chi connectivity index (χ2v) is 8.67. The van der Waals surface area contributed by atoms with Gasteiger partial charge in [-0.3, -0.25) is 20.0 Å². The summed E-state index contributed by atoms with van der Waals surface area (Å²) in [6.07, 6.45) is 3.19. The van der Waals surface area contributed by atoms with Crippen molar-refractivity contribution in [2.45, 2.75) is 0 Å². The van der Waals surface area contributed by atoms with E-state index in [1.807, 2.05) is 24.3 Å². The van der Waals surface area contributed by atoms with Crippen LogP contribution in [0.1, 0.15) is 42.2 Å². The molecule has 194 valence electrons. The molecule has 0 atom stereocenters. The predicted molar refractivity (Wildman–Crippen MR) is 150 cm³/mol. The number of carboxylic acids is 1. The normalized spacial score (nSPS) is 10.3. The van der Waals surface area contributed by atoms with Crippen molar-refractivity contribution in [1.29, 1.82) is 0 Å². The van der Waals surface area contributed by atoms with Crippen molar-refractivity contribution in [1.82, 2.24) is 15.4 Å². The number of amides is 2. The van der Waals surface area contributed by atoms with Gasteiger partial charge < -0.3 is 10.4 Å². The lowest BCUT2D eigenvalue weighted by Gasteiger charge is -2.08. The molecule has 2 heterocycles. The van der Waals surface area contributed by atoms with Crippen molar-refractivity contribution in [2.75, 3.05) is 5.32 Å². The van der Waals surface area contributed by atoms with Gasteiger partial charge in [0, 0.05) is 45.7 Å². The van der Waals surface area contributed by atoms with E-state index in [2.05, 4.69) is 32.6 Å². The minimum Gasteiger partial charge on any atom is -0.478 e. The van der Waals surface area contributed by atoms with Gasteiger partial charge in [-0.05, 0) is 66.7 Å². The van der Waals surface area contributed by atoms with Gasteiger partial charge in [-0.1, -0.05) is 30.0 Å². The highest BCUT2D eigenvalue weighted by Crippen LogP contribution is 2.24. The van der Waals surface area contributed by atoms with Crippen molar-refractivity contribution < 1.29 is 19.5 Å². The molecular formula is C31H21N5O4. The summed E-state index contributed by atoms with van der Waals surface area (Å²) < 4.78 is 0. The van der Waals surface area contributed by atoms with Crippen LogP contribution < -0.4 is 16.6 Å². The SMILES string of the molecule is NNC(=O)c1cc(-c2ccc(C#Cc3ccc(C(=O)Nc4cccc(C(=O)O)c4)cc3)cc2)nc2ccncc12. The first-order valence-corrected chi connectivity index (χ1v) is 12.0. The average Bonchev–Trinajstić information content (AvgIpc) is 2.99. The number of nitrogens with one attached hydrogen (secondary N) is 2. The summed E-state index contributed by atoms with van der Waals surface area (Å²) >= 11 is 0. The van der Waals surface area contributed by atoms with E-state index in [4.69, 9.17) is 10.9 Å². The fraction of sp³-hybridized carbons (Fsp3) is 0. The topological polar surface area (TPSA) is 147 Å². The number of anilines is 1. The van der Waals surface area contributed by atoms with Crippen molar-refractivity contribution in [3.8, 4) is 23.1 Å². The maximum absolute atomic E-state index is 12.6. The number of hydrogen-bond donors (Lipinski definition) is 4. The highest BCUT2D eigenvalue weighted by atomic mass is 16.4. The molecule has 40 heavy (non-hydrogen) atoms. The standard InChI is InChI=1S/C31H21N5O4/c32-36-30(38)25-17-28(35-27-14-15-33-18-26(25)27)21-10-6-19(7-11-21)4-5-20-8-12-22(13-9-20)29(37)34-24-3-1-2-23(16-24)31(39)40/h1-3,6-18H,32H2,(H,34,37)(H,36,38)(H,39,40). The molecule has 0 saturated heterocycles. The molecule has 0 aliphatic heterocycles. The first kappa shape index (κ1) is 25.8. The minimum absolute atomic E-state index is 0.0891. The summed E-state index contributed by atoms with van der Waals surface area (Å²) in [5.74, 6) is 9.68. The number of aromatic nitrogens is 2. The van der Waals surface area contributed by atoms with Crippen LogP contribution in [0.25, 0.3) is 22.2 Å². The Morgan fingerprint density at radius 1 is 0.800 bits per heavy atom. The highest BCUT2D eigenvalue weighted by Gasteiger charge is 2.13. The molecule has 3 aromatic carbocycles. The molecule has 0 unspecified atom stereocenters. The predicted octanol–water partition coefficient (Wildman–Crippen LogP) is 4.25. The molecular weight excluding hydrogens is 506 g/mol. The molecule has 0 aliphatic carbocycles. The zero-order valence-electron chi connectivity index (χ0n) is 20.9. The molecule has 2 amide bonds. The number of benzene rings is 3. The summed E-state index contributed by atoms with van der Waals surface area (Å²) in [5.41, 5.74) is 6.98. The Kier molecular flexibility index (Phi) is 7.26. The fourth-order valence-electron chi connectivity index (χ4n) is 3.99. The molecule has 0 fully saturated rings. The van der Waals surface area contributed by atoms with Gasteiger partial charge in [-0.25, -0.2) is 15.6 Å². The number of carbonyl (C=O) groups is 3. The highest BCUT2D eigenvalue weighted by molar-refractivity contribution is 6.07. The van der Waals surface area contributed by atoms with Crippen LogP contribution in [0.4, 0.5) is 5.69 Å². The number of nitrogen functional groups attached to an aromatic ring is 1. The van der Waals surface area contributed by atoms with Crippen LogP contribution in [0.3, 0.4) is 0 Å². The Morgan fingerprint density at radius 3 is 2.17 bits per heavy atom. The van der Waals surface area contributed by atoms with Crippen molar-refractivity contribution in [3.05, 3.63) is 125 Å². The van der Waals surface area contributed by atoms with Crippen LogP contribution in [-0.2, 0) is 0 Å². The monoisotopic (exact) mass is 527 g/mol. The zero-order valence-corrected chi connectivity index (χ0v) is 20.9. The molecule has 9 nitrogen and oxygen atoms in total. The van der Waals surface area contributed by atoms with Crippen molar-refractivity contribution in [3.63, 3.8) is 0 Å². The van der Waals surface area contributed by atoms with Crippen LogP contribution in [0.15, 0.2) is 97.3 Å². The third-order valence-corrected chi connectivity index (χ3v) is 6.03. The summed E-state index contributed by atoms with van der Waals surface area (Å²) in [4.78, 5) is 44.7. The van der Waals surface area contributed by atoms with E-state index >= 15 is 0 Å². The third-order valence-electron chi connectivity index (χ3n) is 6.03. The van der Waals surface area contributed by atoms with E-state index in [0.29, 0.717) is 33.4 Å². The molecule has 0 aliphatic rings. The second-order valence-electron chi connectivity index (χ2n) is 8.67. The summed E-state index contributed by atoms with van der Waals surface area (Å²) in [5, 5.41) is 12.4.